The number of rotatable bonds is 6. The second-order valence-corrected chi connectivity index (χ2v) is 7.11. The molecule has 0 spiro atoms. The van der Waals surface area contributed by atoms with Crippen molar-refractivity contribution < 1.29 is 23.8 Å². The van der Waals surface area contributed by atoms with E-state index < -0.39 is 23.2 Å². The third-order valence-electron chi connectivity index (χ3n) is 5.14. The lowest BCUT2D eigenvalue weighted by atomic mass is 9.87. The van der Waals surface area contributed by atoms with Crippen molar-refractivity contribution in [3.8, 4) is 5.75 Å². The van der Waals surface area contributed by atoms with Crippen LogP contribution in [0.5, 0.6) is 5.75 Å². The minimum Gasteiger partial charge on any atom is -0.492 e. The zero-order valence-electron chi connectivity index (χ0n) is 16.8. The highest BCUT2D eigenvalue weighted by molar-refractivity contribution is 6.12. The summed E-state index contributed by atoms with van der Waals surface area (Å²) < 4.78 is 19.3. The van der Waals surface area contributed by atoms with Crippen molar-refractivity contribution in [3.05, 3.63) is 89.7 Å². The molecular weight excluding hydrogens is 399 g/mol. The first kappa shape index (κ1) is 20.6. The summed E-state index contributed by atoms with van der Waals surface area (Å²) in [7, 11) is 0. The molecule has 1 atom stereocenters. The van der Waals surface area contributed by atoms with Crippen molar-refractivity contribution in [3.63, 3.8) is 0 Å². The first-order chi connectivity index (χ1) is 14.9. The zero-order chi connectivity index (χ0) is 22.0. The minimum absolute atomic E-state index is 0.106. The standard InChI is InChI=1S/C24H21FN2O4/c1-2-31-21-13-6-4-11-19(21)26-22(28)15-27-20-12-5-3-10-18(20)24(30,23(27)29)16-8-7-9-17(25)14-16/h3-14,30H,2,15H2,1H3,(H,26,28). The number of carbonyl (C=O) groups is 2. The van der Waals surface area contributed by atoms with Gasteiger partial charge in [0.2, 0.25) is 5.91 Å². The molecule has 1 heterocycles. The second-order valence-electron chi connectivity index (χ2n) is 7.11. The van der Waals surface area contributed by atoms with E-state index in [9.17, 15) is 19.1 Å². The van der Waals surface area contributed by atoms with Crippen LogP contribution in [0.25, 0.3) is 0 Å². The fraction of sp³-hybridized carbons (Fsp3) is 0.167. The molecule has 3 aromatic rings. The Kier molecular flexibility index (Phi) is 5.44. The number of carbonyl (C=O) groups excluding carboxylic acids is 2. The van der Waals surface area contributed by atoms with Gasteiger partial charge in [-0.25, -0.2) is 4.39 Å². The molecule has 3 aromatic carbocycles. The molecule has 0 aromatic heterocycles. The Hall–Kier alpha value is -3.71. The van der Waals surface area contributed by atoms with Crippen molar-refractivity contribution in [1.29, 1.82) is 0 Å². The number of ether oxygens (including phenoxy) is 1. The first-order valence-corrected chi connectivity index (χ1v) is 9.86. The van der Waals surface area contributed by atoms with E-state index >= 15 is 0 Å². The van der Waals surface area contributed by atoms with E-state index in [2.05, 4.69) is 5.32 Å². The molecule has 0 saturated heterocycles. The lowest BCUT2D eigenvalue weighted by molar-refractivity contribution is -0.133. The Morgan fingerprint density at radius 1 is 1.10 bits per heavy atom. The van der Waals surface area contributed by atoms with Gasteiger partial charge in [0.1, 0.15) is 18.1 Å². The van der Waals surface area contributed by atoms with Gasteiger partial charge in [-0.15, -0.1) is 0 Å². The van der Waals surface area contributed by atoms with E-state index in [1.807, 2.05) is 6.92 Å². The number of benzene rings is 3. The van der Waals surface area contributed by atoms with Gasteiger partial charge in [0.05, 0.1) is 18.0 Å². The third kappa shape index (κ3) is 3.64. The predicted molar refractivity (Wildman–Crippen MR) is 114 cm³/mol. The Morgan fingerprint density at radius 2 is 1.84 bits per heavy atom. The molecule has 0 aliphatic carbocycles. The number of nitrogens with zero attached hydrogens (tertiary/aromatic N) is 1. The molecule has 0 saturated carbocycles. The number of nitrogens with one attached hydrogen (secondary N) is 1. The van der Waals surface area contributed by atoms with Crippen molar-refractivity contribution in [2.75, 3.05) is 23.4 Å². The number of para-hydroxylation sites is 3. The SMILES string of the molecule is CCOc1ccccc1NC(=O)CN1C(=O)C(O)(c2cccc(F)c2)c2ccccc21. The van der Waals surface area contributed by atoms with Crippen molar-refractivity contribution in [2.45, 2.75) is 12.5 Å². The molecule has 0 fully saturated rings. The number of amides is 2. The van der Waals surface area contributed by atoms with Crippen LogP contribution in [-0.4, -0.2) is 30.1 Å². The summed E-state index contributed by atoms with van der Waals surface area (Å²) >= 11 is 0. The van der Waals surface area contributed by atoms with Crippen molar-refractivity contribution in [1.82, 2.24) is 0 Å². The second kappa shape index (κ2) is 8.20. The molecule has 1 aliphatic heterocycles. The molecule has 2 amide bonds. The lowest BCUT2D eigenvalue weighted by Gasteiger charge is -2.23. The molecule has 4 rings (SSSR count). The fourth-order valence-corrected chi connectivity index (χ4v) is 3.77. The molecule has 6 nitrogen and oxygen atoms in total. The summed E-state index contributed by atoms with van der Waals surface area (Å²) in [6.07, 6.45) is 0. The van der Waals surface area contributed by atoms with Gasteiger partial charge in [0.25, 0.3) is 5.91 Å². The van der Waals surface area contributed by atoms with Gasteiger partial charge in [-0.2, -0.15) is 0 Å². The van der Waals surface area contributed by atoms with Gasteiger partial charge < -0.3 is 15.2 Å². The van der Waals surface area contributed by atoms with Gasteiger partial charge in [0, 0.05) is 11.1 Å². The highest BCUT2D eigenvalue weighted by atomic mass is 19.1. The molecule has 158 valence electrons. The van der Waals surface area contributed by atoms with Crippen LogP contribution >= 0.6 is 0 Å². The van der Waals surface area contributed by atoms with E-state index in [4.69, 9.17) is 4.74 Å². The van der Waals surface area contributed by atoms with Gasteiger partial charge in [0.15, 0.2) is 5.60 Å². The molecular formula is C24H21FN2O4. The van der Waals surface area contributed by atoms with Crippen molar-refractivity contribution in [2.24, 2.45) is 0 Å². The largest absolute Gasteiger partial charge is 0.492 e. The van der Waals surface area contributed by atoms with Crippen LogP contribution < -0.4 is 15.0 Å². The quantitative estimate of drug-likeness (QED) is 0.640. The molecule has 1 aliphatic rings. The van der Waals surface area contributed by atoms with Crippen LogP contribution in [0.3, 0.4) is 0 Å². The lowest BCUT2D eigenvalue weighted by Crippen LogP contribution is -2.44. The maximum Gasteiger partial charge on any atom is 0.268 e. The predicted octanol–water partition coefficient (Wildman–Crippen LogP) is 3.45. The summed E-state index contributed by atoms with van der Waals surface area (Å²) in [6, 6.07) is 18.9. The van der Waals surface area contributed by atoms with E-state index in [1.165, 1.54) is 23.1 Å². The van der Waals surface area contributed by atoms with Gasteiger partial charge >= 0.3 is 0 Å². The number of fused-ring (bicyclic) bond motifs is 1. The highest BCUT2D eigenvalue weighted by Crippen LogP contribution is 2.44. The Morgan fingerprint density at radius 3 is 2.61 bits per heavy atom. The highest BCUT2D eigenvalue weighted by Gasteiger charge is 2.51. The van der Waals surface area contributed by atoms with Crippen LogP contribution in [0.2, 0.25) is 0 Å². The van der Waals surface area contributed by atoms with Gasteiger partial charge in [-0.3, -0.25) is 14.5 Å². The summed E-state index contributed by atoms with van der Waals surface area (Å²) in [4.78, 5) is 27.3. The van der Waals surface area contributed by atoms with Crippen molar-refractivity contribution >= 4 is 23.2 Å². The normalized spacial score (nSPS) is 17.4. The first-order valence-electron chi connectivity index (χ1n) is 9.86. The molecule has 7 heteroatoms. The maximum atomic E-state index is 13.8. The monoisotopic (exact) mass is 420 g/mol. The number of hydrogen-bond donors (Lipinski definition) is 2. The van der Waals surface area contributed by atoms with Crippen LogP contribution in [0.1, 0.15) is 18.1 Å². The van der Waals surface area contributed by atoms with Gasteiger partial charge in [-0.05, 0) is 37.3 Å². The average molecular weight is 420 g/mol. The van der Waals surface area contributed by atoms with E-state index in [0.717, 1.165) is 6.07 Å². The molecule has 0 bridgehead atoms. The van der Waals surface area contributed by atoms with Crippen LogP contribution in [0.15, 0.2) is 72.8 Å². The molecule has 2 N–H and O–H groups in total. The summed E-state index contributed by atoms with van der Waals surface area (Å²) in [5.74, 6) is -1.23. The van der Waals surface area contributed by atoms with Crippen LogP contribution in [0, 0.1) is 5.82 Å². The number of hydrogen-bond acceptors (Lipinski definition) is 4. The van der Waals surface area contributed by atoms with Crippen LogP contribution in [-0.2, 0) is 15.2 Å². The Labute approximate surface area is 178 Å². The zero-order valence-corrected chi connectivity index (χ0v) is 16.8. The smallest absolute Gasteiger partial charge is 0.268 e. The molecule has 1 unspecified atom stereocenters. The Bertz CT molecular complexity index is 1150. The van der Waals surface area contributed by atoms with Gasteiger partial charge in [-0.1, -0.05) is 42.5 Å². The topological polar surface area (TPSA) is 78.9 Å². The van der Waals surface area contributed by atoms with E-state index in [1.54, 1.807) is 48.5 Å². The fourth-order valence-electron chi connectivity index (χ4n) is 3.77. The Balaban J connectivity index is 1.64. The van der Waals surface area contributed by atoms with E-state index in [0.29, 0.717) is 29.3 Å². The number of aliphatic hydroxyl groups is 1. The average Bonchev–Trinajstić information content (AvgIpc) is 2.98. The maximum absolute atomic E-state index is 13.8. The molecule has 0 radical (unpaired) electrons. The van der Waals surface area contributed by atoms with Crippen LogP contribution in [0.4, 0.5) is 15.8 Å². The summed E-state index contributed by atoms with van der Waals surface area (Å²) in [5, 5.41) is 14.1. The summed E-state index contributed by atoms with van der Waals surface area (Å²) in [5.41, 5.74) is -0.799. The number of halogens is 1. The third-order valence-corrected chi connectivity index (χ3v) is 5.14. The van der Waals surface area contributed by atoms with E-state index in [-0.39, 0.29) is 12.1 Å². The minimum atomic E-state index is -2.08. The molecule has 31 heavy (non-hydrogen) atoms. The number of anilines is 2. The summed E-state index contributed by atoms with van der Waals surface area (Å²) in [6.45, 7) is 1.95.